The number of rotatable bonds is 3. The molecule has 3 N–H and O–H groups in total. The van der Waals surface area contributed by atoms with Crippen LogP contribution in [-0.4, -0.2) is 30.7 Å². The van der Waals surface area contributed by atoms with Crippen LogP contribution in [0.15, 0.2) is 0 Å². The summed E-state index contributed by atoms with van der Waals surface area (Å²) in [5.74, 6) is 0.0131. The fourth-order valence-corrected chi connectivity index (χ4v) is 2.58. The molecule has 4 nitrogen and oxygen atoms in total. The van der Waals surface area contributed by atoms with Gasteiger partial charge in [0.25, 0.3) is 0 Å². The second-order valence-corrected chi connectivity index (χ2v) is 5.06. The molecule has 1 atom stereocenters. The Balaban J connectivity index is 1.74. The summed E-state index contributed by atoms with van der Waals surface area (Å²) < 4.78 is 5.57. The van der Waals surface area contributed by atoms with Gasteiger partial charge in [-0.15, -0.1) is 0 Å². The molecule has 0 aromatic carbocycles. The molecule has 2 rings (SSSR count). The highest BCUT2D eigenvalue weighted by Crippen LogP contribution is 2.27. The number of carbonyl (C=O) groups is 1. The molecule has 16 heavy (non-hydrogen) atoms. The second-order valence-electron chi connectivity index (χ2n) is 5.06. The molecule has 1 aliphatic heterocycles. The van der Waals surface area contributed by atoms with E-state index in [-0.39, 0.29) is 12.0 Å². The number of hydrogen-bond donors (Lipinski definition) is 2. The molecule has 1 unspecified atom stereocenters. The van der Waals surface area contributed by atoms with Crippen LogP contribution in [0.1, 0.15) is 44.9 Å². The van der Waals surface area contributed by atoms with Crippen molar-refractivity contribution >= 4 is 5.91 Å². The Hall–Kier alpha value is -0.610. The molecule has 0 aromatic heterocycles. The second kappa shape index (κ2) is 5.15. The number of ether oxygens (including phenoxy) is 1. The van der Waals surface area contributed by atoms with Crippen molar-refractivity contribution in [3.63, 3.8) is 0 Å². The standard InChI is InChI=1S/C12H22N2O2/c13-12(6-2-3-7-12)11(15)14-9-10-5-1-4-8-16-10/h10H,1-9,13H2,(H,14,15). The molecular formula is C12H22N2O2. The van der Waals surface area contributed by atoms with Crippen molar-refractivity contribution in [1.29, 1.82) is 0 Å². The highest BCUT2D eigenvalue weighted by atomic mass is 16.5. The first-order chi connectivity index (χ1) is 7.71. The maximum Gasteiger partial charge on any atom is 0.240 e. The predicted octanol–water partition coefficient (Wildman–Crippen LogP) is 0.943. The summed E-state index contributed by atoms with van der Waals surface area (Å²) in [6, 6.07) is 0. The van der Waals surface area contributed by atoms with E-state index in [0.717, 1.165) is 45.1 Å². The van der Waals surface area contributed by atoms with Gasteiger partial charge in [0.15, 0.2) is 0 Å². The van der Waals surface area contributed by atoms with E-state index in [1.54, 1.807) is 0 Å². The summed E-state index contributed by atoms with van der Waals surface area (Å²) in [5, 5.41) is 2.95. The fraction of sp³-hybridized carbons (Fsp3) is 0.917. The van der Waals surface area contributed by atoms with Gasteiger partial charge in [0.2, 0.25) is 5.91 Å². The van der Waals surface area contributed by atoms with Crippen molar-refractivity contribution in [3.8, 4) is 0 Å². The maximum absolute atomic E-state index is 11.9. The normalized spacial score (nSPS) is 28.9. The third-order valence-electron chi connectivity index (χ3n) is 3.71. The molecule has 0 spiro atoms. The van der Waals surface area contributed by atoms with E-state index in [2.05, 4.69) is 5.32 Å². The number of amides is 1. The molecule has 1 aliphatic carbocycles. The van der Waals surface area contributed by atoms with Gasteiger partial charge in [-0.05, 0) is 32.1 Å². The van der Waals surface area contributed by atoms with Gasteiger partial charge in [0, 0.05) is 13.2 Å². The monoisotopic (exact) mass is 226 g/mol. The number of hydrogen-bond acceptors (Lipinski definition) is 3. The predicted molar refractivity (Wildman–Crippen MR) is 62.0 cm³/mol. The number of nitrogens with one attached hydrogen (secondary N) is 1. The van der Waals surface area contributed by atoms with Crippen molar-refractivity contribution in [1.82, 2.24) is 5.32 Å². The van der Waals surface area contributed by atoms with Crippen LogP contribution in [-0.2, 0) is 9.53 Å². The summed E-state index contributed by atoms with van der Waals surface area (Å²) in [6.07, 6.45) is 7.39. The summed E-state index contributed by atoms with van der Waals surface area (Å²) in [4.78, 5) is 11.9. The first-order valence-corrected chi connectivity index (χ1v) is 6.39. The molecule has 92 valence electrons. The molecule has 0 aromatic rings. The zero-order valence-electron chi connectivity index (χ0n) is 9.84. The molecule has 2 fully saturated rings. The molecule has 1 heterocycles. The zero-order valence-corrected chi connectivity index (χ0v) is 9.84. The molecule has 4 heteroatoms. The SMILES string of the molecule is NC1(C(=O)NCC2CCCCO2)CCCC1. The molecule has 0 radical (unpaired) electrons. The van der Waals surface area contributed by atoms with E-state index in [1.165, 1.54) is 6.42 Å². The van der Waals surface area contributed by atoms with Crippen molar-refractivity contribution in [2.75, 3.05) is 13.2 Å². The summed E-state index contributed by atoms with van der Waals surface area (Å²) in [7, 11) is 0. The van der Waals surface area contributed by atoms with Gasteiger partial charge in [-0.1, -0.05) is 12.8 Å². The number of nitrogens with two attached hydrogens (primary N) is 1. The lowest BCUT2D eigenvalue weighted by Gasteiger charge is -2.26. The molecule has 2 aliphatic rings. The molecule has 0 bridgehead atoms. The Morgan fingerprint density at radius 2 is 2.06 bits per heavy atom. The number of carbonyl (C=O) groups excluding carboxylic acids is 1. The Morgan fingerprint density at radius 1 is 1.31 bits per heavy atom. The molecule has 1 amide bonds. The molecular weight excluding hydrogens is 204 g/mol. The van der Waals surface area contributed by atoms with Crippen molar-refractivity contribution in [2.45, 2.75) is 56.6 Å². The van der Waals surface area contributed by atoms with E-state index in [1.807, 2.05) is 0 Å². The van der Waals surface area contributed by atoms with Crippen molar-refractivity contribution < 1.29 is 9.53 Å². The van der Waals surface area contributed by atoms with Gasteiger partial charge >= 0.3 is 0 Å². The van der Waals surface area contributed by atoms with Gasteiger partial charge < -0.3 is 15.8 Å². The van der Waals surface area contributed by atoms with E-state index in [9.17, 15) is 4.79 Å². The van der Waals surface area contributed by atoms with Crippen LogP contribution in [0.5, 0.6) is 0 Å². The minimum Gasteiger partial charge on any atom is -0.376 e. The Kier molecular flexibility index (Phi) is 3.82. The van der Waals surface area contributed by atoms with Gasteiger partial charge in [0.05, 0.1) is 11.6 Å². The lowest BCUT2D eigenvalue weighted by atomic mass is 9.98. The van der Waals surface area contributed by atoms with E-state index >= 15 is 0 Å². The quantitative estimate of drug-likeness (QED) is 0.753. The van der Waals surface area contributed by atoms with Gasteiger partial charge in [0.1, 0.15) is 0 Å². The lowest BCUT2D eigenvalue weighted by Crippen LogP contribution is -2.53. The van der Waals surface area contributed by atoms with Crippen LogP contribution < -0.4 is 11.1 Å². The average Bonchev–Trinajstić information content (AvgIpc) is 2.76. The van der Waals surface area contributed by atoms with Crippen LogP contribution in [0.4, 0.5) is 0 Å². The Morgan fingerprint density at radius 3 is 2.69 bits per heavy atom. The van der Waals surface area contributed by atoms with Crippen LogP contribution in [0.3, 0.4) is 0 Å². The average molecular weight is 226 g/mol. The van der Waals surface area contributed by atoms with Crippen LogP contribution in [0.2, 0.25) is 0 Å². The van der Waals surface area contributed by atoms with E-state index in [0.29, 0.717) is 6.54 Å². The topological polar surface area (TPSA) is 64.4 Å². The smallest absolute Gasteiger partial charge is 0.240 e. The van der Waals surface area contributed by atoms with Gasteiger partial charge in [-0.3, -0.25) is 4.79 Å². The Bertz CT molecular complexity index is 243. The summed E-state index contributed by atoms with van der Waals surface area (Å²) >= 11 is 0. The fourth-order valence-electron chi connectivity index (χ4n) is 2.58. The third-order valence-corrected chi connectivity index (χ3v) is 3.71. The first kappa shape index (κ1) is 11.9. The van der Waals surface area contributed by atoms with Gasteiger partial charge in [-0.25, -0.2) is 0 Å². The van der Waals surface area contributed by atoms with E-state index < -0.39 is 5.54 Å². The van der Waals surface area contributed by atoms with Crippen LogP contribution in [0.25, 0.3) is 0 Å². The minimum atomic E-state index is -0.603. The summed E-state index contributed by atoms with van der Waals surface area (Å²) in [6.45, 7) is 1.45. The highest BCUT2D eigenvalue weighted by molar-refractivity contribution is 5.86. The highest BCUT2D eigenvalue weighted by Gasteiger charge is 2.37. The third kappa shape index (κ3) is 2.74. The first-order valence-electron chi connectivity index (χ1n) is 6.39. The van der Waals surface area contributed by atoms with E-state index in [4.69, 9.17) is 10.5 Å². The van der Waals surface area contributed by atoms with Crippen LogP contribution >= 0.6 is 0 Å². The molecule has 1 saturated heterocycles. The van der Waals surface area contributed by atoms with Crippen LogP contribution in [0, 0.1) is 0 Å². The van der Waals surface area contributed by atoms with Gasteiger partial charge in [-0.2, -0.15) is 0 Å². The minimum absolute atomic E-state index is 0.0131. The molecule has 1 saturated carbocycles. The van der Waals surface area contributed by atoms with Crippen molar-refractivity contribution in [3.05, 3.63) is 0 Å². The van der Waals surface area contributed by atoms with Crippen molar-refractivity contribution in [2.24, 2.45) is 5.73 Å². The largest absolute Gasteiger partial charge is 0.376 e. The lowest BCUT2D eigenvalue weighted by molar-refractivity contribution is -0.127. The summed E-state index contributed by atoms with van der Waals surface area (Å²) in [5.41, 5.74) is 5.46. The Labute approximate surface area is 96.9 Å². The maximum atomic E-state index is 11.9. The zero-order chi connectivity index (χ0) is 11.4.